The number of rotatable bonds is 4. The monoisotopic (exact) mass is 293 g/mol. The van der Waals surface area contributed by atoms with E-state index in [1.54, 1.807) is 7.11 Å². The molecular weight excluding hydrogens is 270 g/mol. The van der Waals surface area contributed by atoms with E-state index < -0.39 is 5.60 Å². The van der Waals surface area contributed by atoms with Gasteiger partial charge >= 0.3 is 0 Å². The molecule has 0 spiro atoms. The van der Waals surface area contributed by atoms with Gasteiger partial charge in [0.2, 0.25) is 0 Å². The van der Waals surface area contributed by atoms with Crippen LogP contribution in [0.25, 0.3) is 0 Å². The highest BCUT2D eigenvalue weighted by molar-refractivity contribution is 7.99. The van der Waals surface area contributed by atoms with Gasteiger partial charge in [-0.15, -0.1) is 0 Å². The summed E-state index contributed by atoms with van der Waals surface area (Å²) in [5.74, 6) is 2.90. The number of methoxy groups -OCH3 is 1. The van der Waals surface area contributed by atoms with Crippen molar-refractivity contribution in [3.8, 4) is 5.75 Å². The fourth-order valence-electron chi connectivity index (χ4n) is 3.10. The first-order valence-corrected chi connectivity index (χ1v) is 8.53. The van der Waals surface area contributed by atoms with Crippen molar-refractivity contribution in [1.29, 1.82) is 0 Å². The minimum atomic E-state index is -0.487. The van der Waals surface area contributed by atoms with Gasteiger partial charge in [-0.2, -0.15) is 11.8 Å². The van der Waals surface area contributed by atoms with E-state index >= 15 is 0 Å². The Hall–Kier alpha value is -0.710. The lowest BCUT2D eigenvalue weighted by atomic mass is 9.87. The molecular formula is C16H23NO2S. The predicted molar refractivity (Wildman–Crippen MR) is 83.7 cm³/mol. The SMILES string of the molecule is COc1ccc2c(c1)CC(NCC1(O)CCSC1)CC2. The van der Waals surface area contributed by atoms with Crippen LogP contribution in [0.15, 0.2) is 18.2 Å². The maximum atomic E-state index is 10.4. The molecule has 2 atom stereocenters. The molecule has 3 nitrogen and oxygen atoms in total. The standard InChI is InChI=1S/C16H23NO2S/c1-19-15-5-3-12-2-4-14(8-13(12)9-15)17-10-16(18)6-7-20-11-16/h3,5,9,14,17-18H,2,4,6-8,10-11H2,1H3. The smallest absolute Gasteiger partial charge is 0.119 e. The number of benzene rings is 1. The molecule has 2 N–H and O–H groups in total. The summed E-state index contributed by atoms with van der Waals surface area (Å²) in [5, 5.41) is 14.0. The maximum Gasteiger partial charge on any atom is 0.119 e. The van der Waals surface area contributed by atoms with Crippen molar-refractivity contribution < 1.29 is 9.84 Å². The number of thioether (sulfide) groups is 1. The summed E-state index contributed by atoms with van der Waals surface area (Å²) in [6, 6.07) is 6.86. The van der Waals surface area contributed by atoms with Crippen molar-refractivity contribution in [2.24, 2.45) is 0 Å². The number of ether oxygens (including phenoxy) is 1. The van der Waals surface area contributed by atoms with Gasteiger partial charge in [-0.25, -0.2) is 0 Å². The van der Waals surface area contributed by atoms with Crippen molar-refractivity contribution >= 4 is 11.8 Å². The quantitative estimate of drug-likeness (QED) is 0.891. The molecule has 3 rings (SSSR count). The molecule has 0 radical (unpaired) electrons. The molecule has 110 valence electrons. The number of hydrogen-bond donors (Lipinski definition) is 2. The van der Waals surface area contributed by atoms with E-state index in [1.165, 1.54) is 11.1 Å². The van der Waals surface area contributed by atoms with E-state index in [1.807, 2.05) is 17.8 Å². The molecule has 1 fully saturated rings. The maximum absolute atomic E-state index is 10.4. The molecule has 1 saturated heterocycles. The number of aliphatic hydroxyl groups is 1. The first-order valence-electron chi connectivity index (χ1n) is 7.38. The molecule has 1 aliphatic heterocycles. The van der Waals surface area contributed by atoms with Gasteiger partial charge in [-0.05, 0) is 54.7 Å². The highest BCUT2D eigenvalue weighted by Gasteiger charge is 2.32. The fraction of sp³-hybridized carbons (Fsp3) is 0.625. The van der Waals surface area contributed by atoms with Crippen molar-refractivity contribution in [2.75, 3.05) is 25.2 Å². The van der Waals surface area contributed by atoms with Crippen molar-refractivity contribution in [3.63, 3.8) is 0 Å². The molecule has 0 bridgehead atoms. The second-order valence-electron chi connectivity index (χ2n) is 5.98. The number of nitrogens with one attached hydrogen (secondary N) is 1. The van der Waals surface area contributed by atoms with Crippen LogP contribution in [-0.2, 0) is 12.8 Å². The van der Waals surface area contributed by atoms with Crippen LogP contribution in [0, 0.1) is 0 Å². The molecule has 1 aliphatic carbocycles. The van der Waals surface area contributed by atoms with Crippen LogP contribution in [-0.4, -0.2) is 41.9 Å². The molecule has 0 saturated carbocycles. The summed E-state index contributed by atoms with van der Waals surface area (Å²) in [5.41, 5.74) is 2.35. The van der Waals surface area contributed by atoms with E-state index in [-0.39, 0.29) is 0 Å². The Morgan fingerprint density at radius 3 is 3.10 bits per heavy atom. The average Bonchev–Trinajstić information content (AvgIpc) is 2.91. The largest absolute Gasteiger partial charge is 0.497 e. The Kier molecular flexibility index (Phi) is 4.24. The second-order valence-corrected chi connectivity index (χ2v) is 7.09. The topological polar surface area (TPSA) is 41.5 Å². The minimum Gasteiger partial charge on any atom is -0.497 e. The summed E-state index contributed by atoms with van der Waals surface area (Å²) in [6.07, 6.45) is 4.23. The van der Waals surface area contributed by atoms with E-state index in [4.69, 9.17) is 4.74 Å². The summed E-state index contributed by atoms with van der Waals surface area (Å²) in [7, 11) is 1.72. The highest BCUT2D eigenvalue weighted by atomic mass is 32.2. The van der Waals surface area contributed by atoms with E-state index in [9.17, 15) is 5.11 Å². The summed E-state index contributed by atoms with van der Waals surface area (Å²) >= 11 is 1.85. The molecule has 0 aromatic heterocycles. The molecule has 2 unspecified atom stereocenters. The summed E-state index contributed by atoms with van der Waals surface area (Å²) < 4.78 is 5.31. The van der Waals surface area contributed by atoms with Gasteiger partial charge < -0.3 is 15.2 Å². The Bertz CT molecular complexity index is 472. The zero-order valence-electron chi connectivity index (χ0n) is 12.0. The Balaban J connectivity index is 1.60. The second kappa shape index (κ2) is 5.96. The Labute approximate surface area is 125 Å². The first kappa shape index (κ1) is 14.2. The lowest BCUT2D eigenvalue weighted by Crippen LogP contribution is -2.46. The van der Waals surface area contributed by atoms with Crippen molar-refractivity contribution in [3.05, 3.63) is 29.3 Å². The number of hydrogen-bond acceptors (Lipinski definition) is 4. The summed E-state index contributed by atoms with van der Waals surface area (Å²) in [6.45, 7) is 0.726. The van der Waals surface area contributed by atoms with Crippen LogP contribution in [0.5, 0.6) is 5.75 Å². The lowest BCUT2D eigenvalue weighted by molar-refractivity contribution is 0.0640. The van der Waals surface area contributed by atoms with Crippen LogP contribution in [0.1, 0.15) is 24.0 Å². The number of fused-ring (bicyclic) bond motifs is 1. The predicted octanol–water partition coefficient (Wildman–Crippen LogP) is 2.01. The normalized spacial score (nSPS) is 29.2. The third kappa shape index (κ3) is 3.13. The van der Waals surface area contributed by atoms with Gasteiger partial charge in [0.05, 0.1) is 12.7 Å². The van der Waals surface area contributed by atoms with Gasteiger partial charge in [-0.1, -0.05) is 6.07 Å². The number of aryl methyl sites for hydroxylation is 1. The van der Waals surface area contributed by atoms with Crippen LogP contribution >= 0.6 is 11.8 Å². The van der Waals surface area contributed by atoms with Crippen LogP contribution in [0.4, 0.5) is 0 Å². The van der Waals surface area contributed by atoms with Crippen LogP contribution in [0.3, 0.4) is 0 Å². The molecule has 2 aliphatic rings. The molecule has 1 aromatic carbocycles. The van der Waals surface area contributed by atoms with Gasteiger partial charge in [0.15, 0.2) is 0 Å². The third-order valence-corrected chi connectivity index (χ3v) is 5.68. The van der Waals surface area contributed by atoms with E-state index in [0.717, 1.165) is 49.5 Å². The summed E-state index contributed by atoms with van der Waals surface area (Å²) in [4.78, 5) is 0. The van der Waals surface area contributed by atoms with Gasteiger partial charge in [0, 0.05) is 18.3 Å². The van der Waals surface area contributed by atoms with Gasteiger partial charge in [0.25, 0.3) is 0 Å². The van der Waals surface area contributed by atoms with Crippen molar-refractivity contribution in [1.82, 2.24) is 5.32 Å². The molecule has 1 aromatic rings. The van der Waals surface area contributed by atoms with E-state index in [0.29, 0.717) is 6.04 Å². The van der Waals surface area contributed by atoms with Gasteiger partial charge in [-0.3, -0.25) is 0 Å². The van der Waals surface area contributed by atoms with Crippen LogP contribution in [0.2, 0.25) is 0 Å². The first-order chi connectivity index (χ1) is 9.68. The van der Waals surface area contributed by atoms with E-state index in [2.05, 4.69) is 17.4 Å². The average molecular weight is 293 g/mol. The van der Waals surface area contributed by atoms with Crippen molar-refractivity contribution in [2.45, 2.75) is 37.3 Å². The minimum absolute atomic E-state index is 0.476. The van der Waals surface area contributed by atoms with Gasteiger partial charge in [0.1, 0.15) is 5.75 Å². The zero-order chi connectivity index (χ0) is 14.0. The Morgan fingerprint density at radius 1 is 1.45 bits per heavy atom. The molecule has 1 heterocycles. The molecule has 0 amide bonds. The molecule has 4 heteroatoms. The molecule has 20 heavy (non-hydrogen) atoms. The zero-order valence-corrected chi connectivity index (χ0v) is 12.8. The van der Waals surface area contributed by atoms with Crippen LogP contribution < -0.4 is 10.1 Å². The third-order valence-electron chi connectivity index (χ3n) is 4.44. The highest BCUT2D eigenvalue weighted by Crippen LogP contribution is 2.29. The fourth-order valence-corrected chi connectivity index (χ4v) is 4.40. The Morgan fingerprint density at radius 2 is 2.35 bits per heavy atom. The lowest BCUT2D eigenvalue weighted by Gasteiger charge is -2.30.